The molecule has 94 valence electrons. The quantitative estimate of drug-likeness (QED) is 0.757. The molecule has 3 aromatic rings. The molecule has 1 aromatic heterocycles. The van der Waals surface area contributed by atoms with Gasteiger partial charge >= 0.3 is 0 Å². The van der Waals surface area contributed by atoms with E-state index in [9.17, 15) is 0 Å². The number of nitrogen functional groups attached to an aromatic ring is 1. The van der Waals surface area contributed by atoms with Gasteiger partial charge in [0.25, 0.3) is 0 Å². The van der Waals surface area contributed by atoms with Crippen molar-refractivity contribution < 1.29 is 4.74 Å². The number of benzene rings is 2. The number of methoxy groups -OCH3 is 1. The van der Waals surface area contributed by atoms with Gasteiger partial charge in [0.05, 0.1) is 12.8 Å². The fourth-order valence-corrected chi connectivity index (χ4v) is 2.12. The predicted octanol–water partition coefficient (Wildman–Crippen LogP) is 3.49. The van der Waals surface area contributed by atoms with Crippen LogP contribution in [-0.2, 0) is 0 Å². The van der Waals surface area contributed by atoms with Crippen LogP contribution in [0.2, 0.25) is 0 Å². The number of nitrogens with zero attached hydrogens (tertiary/aromatic N) is 1. The molecule has 19 heavy (non-hydrogen) atoms. The summed E-state index contributed by atoms with van der Waals surface area (Å²) in [5.41, 5.74) is 7.67. The molecule has 1 heterocycles. The summed E-state index contributed by atoms with van der Waals surface area (Å²) in [6.07, 6.45) is 0. The normalized spacial score (nSPS) is 10.6. The molecule has 0 aliphatic heterocycles. The molecule has 0 aliphatic carbocycles. The van der Waals surface area contributed by atoms with Crippen LogP contribution in [0.1, 0.15) is 0 Å². The minimum absolute atomic E-state index is 0.535. The van der Waals surface area contributed by atoms with E-state index in [1.54, 1.807) is 13.2 Å². The van der Waals surface area contributed by atoms with E-state index in [0.29, 0.717) is 5.82 Å². The number of hydrogen-bond donors (Lipinski definition) is 1. The van der Waals surface area contributed by atoms with Crippen molar-refractivity contribution in [3.05, 3.63) is 54.6 Å². The average molecular weight is 250 g/mol. The molecule has 0 aliphatic rings. The van der Waals surface area contributed by atoms with E-state index in [4.69, 9.17) is 10.5 Å². The summed E-state index contributed by atoms with van der Waals surface area (Å²) < 4.78 is 5.22. The second-order valence-corrected chi connectivity index (χ2v) is 4.38. The fourth-order valence-electron chi connectivity index (χ4n) is 2.12. The van der Waals surface area contributed by atoms with Gasteiger partial charge in [-0.15, -0.1) is 0 Å². The first-order valence-electron chi connectivity index (χ1n) is 6.07. The van der Waals surface area contributed by atoms with Gasteiger partial charge in [0.15, 0.2) is 0 Å². The molecule has 3 rings (SSSR count). The Labute approximate surface area is 111 Å². The number of nitrogens with two attached hydrogens (primary N) is 1. The molecule has 3 nitrogen and oxygen atoms in total. The highest BCUT2D eigenvalue weighted by Gasteiger charge is 2.02. The molecule has 0 saturated heterocycles. The smallest absolute Gasteiger partial charge is 0.124 e. The summed E-state index contributed by atoms with van der Waals surface area (Å²) in [6.45, 7) is 0. The maximum atomic E-state index is 5.72. The molecule has 0 radical (unpaired) electrons. The van der Waals surface area contributed by atoms with Crippen LogP contribution in [0.25, 0.3) is 22.0 Å². The Morgan fingerprint density at radius 2 is 1.74 bits per heavy atom. The number of hydrogen-bond acceptors (Lipinski definition) is 3. The molecule has 3 heteroatoms. The van der Waals surface area contributed by atoms with E-state index in [1.807, 2.05) is 36.4 Å². The summed E-state index contributed by atoms with van der Waals surface area (Å²) in [5, 5.41) is 2.30. The topological polar surface area (TPSA) is 48.1 Å². The van der Waals surface area contributed by atoms with Gasteiger partial charge in [-0.1, -0.05) is 24.3 Å². The molecule has 0 spiro atoms. The number of ether oxygens (including phenoxy) is 1. The third-order valence-electron chi connectivity index (χ3n) is 3.11. The lowest BCUT2D eigenvalue weighted by atomic mass is 10.0. The summed E-state index contributed by atoms with van der Waals surface area (Å²) in [4.78, 5) is 4.34. The van der Waals surface area contributed by atoms with Crippen molar-refractivity contribution in [3.63, 3.8) is 0 Å². The second-order valence-electron chi connectivity index (χ2n) is 4.38. The first-order chi connectivity index (χ1) is 9.26. The minimum atomic E-state index is 0.535. The van der Waals surface area contributed by atoms with Gasteiger partial charge in [0.2, 0.25) is 0 Å². The lowest BCUT2D eigenvalue weighted by Crippen LogP contribution is -1.91. The summed E-state index contributed by atoms with van der Waals surface area (Å²) >= 11 is 0. The largest absolute Gasteiger partial charge is 0.497 e. The zero-order valence-corrected chi connectivity index (χ0v) is 10.6. The minimum Gasteiger partial charge on any atom is -0.497 e. The molecule has 0 fully saturated rings. The van der Waals surface area contributed by atoms with Gasteiger partial charge in [0.1, 0.15) is 11.6 Å². The van der Waals surface area contributed by atoms with E-state index in [-0.39, 0.29) is 0 Å². The van der Waals surface area contributed by atoms with Crippen molar-refractivity contribution in [3.8, 4) is 17.0 Å². The van der Waals surface area contributed by atoms with Crippen molar-refractivity contribution in [1.29, 1.82) is 0 Å². The monoisotopic (exact) mass is 250 g/mol. The van der Waals surface area contributed by atoms with E-state index < -0.39 is 0 Å². The SMILES string of the molecule is COc1ccc2cc(-c3cccc(N)n3)ccc2c1. The maximum absolute atomic E-state index is 5.72. The van der Waals surface area contributed by atoms with Gasteiger partial charge in [0, 0.05) is 5.56 Å². The Bertz CT molecular complexity index is 738. The van der Waals surface area contributed by atoms with Crippen molar-refractivity contribution in [1.82, 2.24) is 4.98 Å². The number of anilines is 1. The van der Waals surface area contributed by atoms with Crippen molar-refractivity contribution in [2.45, 2.75) is 0 Å². The van der Waals surface area contributed by atoms with Gasteiger partial charge in [-0.25, -0.2) is 4.98 Å². The van der Waals surface area contributed by atoms with E-state index in [1.165, 1.54) is 0 Å². The highest BCUT2D eigenvalue weighted by molar-refractivity contribution is 5.88. The Morgan fingerprint density at radius 3 is 2.53 bits per heavy atom. The predicted molar refractivity (Wildman–Crippen MR) is 78.1 cm³/mol. The average Bonchev–Trinajstić information content (AvgIpc) is 2.46. The third kappa shape index (κ3) is 2.22. The summed E-state index contributed by atoms with van der Waals surface area (Å²) in [5.74, 6) is 1.40. The van der Waals surface area contributed by atoms with Crippen LogP contribution in [0, 0.1) is 0 Å². The Morgan fingerprint density at radius 1 is 0.947 bits per heavy atom. The molecule has 0 unspecified atom stereocenters. The van der Waals surface area contributed by atoms with Crippen LogP contribution < -0.4 is 10.5 Å². The van der Waals surface area contributed by atoms with Crippen molar-refractivity contribution >= 4 is 16.6 Å². The highest BCUT2D eigenvalue weighted by Crippen LogP contribution is 2.26. The van der Waals surface area contributed by atoms with E-state index in [2.05, 4.69) is 17.1 Å². The van der Waals surface area contributed by atoms with Gasteiger partial charge in [-0.05, 0) is 41.1 Å². The summed E-state index contributed by atoms with van der Waals surface area (Å²) in [6, 6.07) is 17.9. The first-order valence-corrected chi connectivity index (χ1v) is 6.07. The number of fused-ring (bicyclic) bond motifs is 1. The maximum Gasteiger partial charge on any atom is 0.124 e. The van der Waals surface area contributed by atoms with Crippen molar-refractivity contribution in [2.75, 3.05) is 12.8 Å². The Kier molecular flexibility index (Phi) is 2.80. The van der Waals surface area contributed by atoms with Crippen LogP contribution in [0.3, 0.4) is 0 Å². The lowest BCUT2D eigenvalue weighted by molar-refractivity contribution is 0.415. The highest BCUT2D eigenvalue weighted by atomic mass is 16.5. The molecule has 0 atom stereocenters. The molecule has 2 N–H and O–H groups in total. The Balaban J connectivity index is 2.11. The Hall–Kier alpha value is -2.55. The third-order valence-corrected chi connectivity index (χ3v) is 3.11. The van der Waals surface area contributed by atoms with Crippen LogP contribution in [0.15, 0.2) is 54.6 Å². The lowest BCUT2D eigenvalue weighted by Gasteiger charge is -2.06. The van der Waals surface area contributed by atoms with E-state index in [0.717, 1.165) is 27.8 Å². The van der Waals surface area contributed by atoms with Gasteiger partial charge in [-0.3, -0.25) is 0 Å². The fraction of sp³-hybridized carbons (Fsp3) is 0.0625. The van der Waals surface area contributed by atoms with Crippen LogP contribution >= 0.6 is 0 Å². The van der Waals surface area contributed by atoms with Crippen molar-refractivity contribution in [2.24, 2.45) is 0 Å². The number of pyridine rings is 1. The number of rotatable bonds is 2. The zero-order chi connectivity index (χ0) is 13.2. The standard InChI is InChI=1S/C16H14N2O/c1-19-14-8-7-11-9-13(6-5-12(11)10-14)15-3-2-4-16(17)18-15/h2-10H,1H3,(H2,17,18). The van der Waals surface area contributed by atoms with Gasteiger partial charge in [-0.2, -0.15) is 0 Å². The molecule has 2 aromatic carbocycles. The number of aromatic nitrogens is 1. The molecule has 0 bridgehead atoms. The van der Waals surface area contributed by atoms with Crippen LogP contribution in [-0.4, -0.2) is 12.1 Å². The molecular weight excluding hydrogens is 236 g/mol. The first kappa shape index (κ1) is 11.5. The van der Waals surface area contributed by atoms with Crippen LogP contribution in [0.4, 0.5) is 5.82 Å². The zero-order valence-electron chi connectivity index (χ0n) is 10.6. The molecule has 0 amide bonds. The molecule has 0 saturated carbocycles. The summed E-state index contributed by atoms with van der Waals surface area (Å²) in [7, 11) is 1.67. The van der Waals surface area contributed by atoms with Gasteiger partial charge < -0.3 is 10.5 Å². The van der Waals surface area contributed by atoms with Crippen LogP contribution in [0.5, 0.6) is 5.75 Å². The second kappa shape index (κ2) is 4.61. The van der Waals surface area contributed by atoms with E-state index >= 15 is 0 Å². The molecular formula is C16H14N2O.